The van der Waals surface area contributed by atoms with Crippen LogP contribution < -0.4 is 0 Å². The second kappa shape index (κ2) is 5.42. The molecule has 0 saturated heterocycles. The van der Waals surface area contributed by atoms with Gasteiger partial charge in [-0.2, -0.15) is 0 Å². The molecule has 0 N–H and O–H groups in total. The Bertz CT molecular complexity index is 474. The highest BCUT2D eigenvalue weighted by Crippen LogP contribution is 2.32. The molecular formula is C15H17ClO. The SMILES string of the molecule is CCc1ccc(CC)c(C(Cl)c2ccoc2)c1. The maximum absolute atomic E-state index is 6.53. The van der Waals surface area contributed by atoms with E-state index in [1.165, 1.54) is 16.7 Å². The van der Waals surface area contributed by atoms with Crippen LogP contribution in [-0.4, -0.2) is 0 Å². The van der Waals surface area contributed by atoms with Gasteiger partial charge >= 0.3 is 0 Å². The molecule has 1 atom stereocenters. The second-order valence-corrected chi connectivity index (χ2v) is 4.60. The number of aryl methyl sites for hydroxylation is 2. The summed E-state index contributed by atoms with van der Waals surface area (Å²) in [5.74, 6) is 0. The summed E-state index contributed by atoms with van der Waals surface area (Å²) in [7, 11) is 0. The van der Waals surface area contributed by atoms with E-state index in [0.29, 0.717) is 0 Å². The first-order valence-electron chi connectivity index (χ1n) is 6.04. The Kier molecular flexibility index (Phi) is 3.90. The molecule has 1 nitrogen and oxygen atoms in total. The van der Waals surface area contributed by atoms with Gasteiger partial charge in [-0.3, -0.25) is 0 Å². The third kappa shape index (κ3) is 2.55. The van der Waals surface area contributed by atoms with Gasteiger partial charge < -0.3 is 4.42 Å². The topological polar surface area (TPSA) is 13.1 Å². The predicted octanol–water partition coefficient (Wildman–Crippen LogP) is 4.73. The van der Waals surface area contributed by atoms with Crippen molar-refractivity contribution < 1.29 is 4.42 Å². The van der Waals surface area contributed by atoms with Gasteiger partial charge in [-0.05, 0) is 35.6 Å². The average molecular weight is 249 g/mol. The molecule has 2 heteroatoms. The molecule has 0 aliphatic carbocycles. The minimum absolute atomic E-state index is 0.116. The Morgan fingerprint density at radius 3 is 2.59 bits per heavy atom. The van der Waals surface area contributed by atoms with E-state index in [1.807, 2.05) is 6.07 Å². The number of hydrogen-bond donors (Lipinski definition) is 0. The molecule has 90 valence electrons. The first kappa shape index (κ1) is 12.3. The highest BCUT2D eigenvalue weighted by molar-refractivity contribution is 6.22. The van der Waals surface area contributed by atoms with Crippen molar-refractivity contribution in [1.29, 1.82) is 0 Å². The molecule has 1 aromatic carbocycles. The average Bonchev–Trinajstić information content (AvgIpc) is 2.91. The minimum atomic E-state index is -0.116. The van der Waals surface area contributed by atoms with Gasteiger partial charge in [-0.15, -0.1) is 11.6 Å². The fourth-order valence-corrected chi connectivity index (χ4v) is 2.35. The smallest absolute Gasteiger partial charge is 0.0952 e. The number of halogens is 1. The van der Waals surface area contributed by atoms with Crippen LogP contribution in [0, 0.1) is 0 Å². The van der Waals surface area contributed by atoms with Crippen molar-refractivity contribution in [2.45, 2.75) is 32.1 Å². The van der Waals surface area contributed by atoms with Crippen LogP contribution in [0.5, 0.6) is 0 Å². The van der Waals surface area contributed by atoms with E-state index in [1.54, 1.807) is 12.5 Å². The lowest BCUT2D eigenvalue weighted by molar-refractivity contribution is 0.564. The highest BCUT2D eigenvalue weighted by Gasteiger charge is 2.15. The van der Waals surface area contributed by atoms with Gasteiger partial charge in [0.2, 0.25) is 0 Å². The number of rotatable bonds is 4. The molecule has 0 fully saturated rings. The number of furan rings is 1. The predicted molar refractivity (Wildman–Crippen MR) is 71.6 cm³/mol. The van der Waals surface area contributed by atoms with Crippen molar-refractivity contribution in [1.82, 2.24) is 0 Å². The van der Waals surface area contributed by atoms with Crippen molar-refractivity contribution in [3.05, 3.63) is 59.0 Å². The summed E-state index contributed by atoms with van der Waals surface area (Å²) in [6, 6.07) is 8.50. The number of alkyl halides is 1. The van der Waals surface area contributed by atoms with E-state index in [-0.39, 0.29) is 5.38 Å². The molecular weight excluding hydrogens is 232 g/mol. The molecule has 2 rings (SSSR count). The van der Waals surface area contributed by atoms with Gasteiger partial charge in [0.25, 0.3) is 0 Å². The fourth-order valence-electron chi connectivity index (χ4n) is 2.02. The summed E-state index contributed by atoms with van der Waals surface area (Å²) in [4.78, 5) is 0. The van der Waals surface area contributed by atoms with Crippen LogP contribution in [0.3, 0.4) is 0 Å². The van der Waals surface area contributed by atoms with Crippen molar-refractivity contribution in [3.63, 3.8) is 0 Å². The van der Waals surface area contributed by atoms with Crippen LogP contribution in [0.4, 0.5) is 0 Å². The lowest BCUT2D eigenvalue weighted by atomic mass is 9.96. The quantitative estimate of drug-likeness (QED) is 0.713. The normalized spacial score (nSPS) is 12.6. The molecule has 0 aliphatic rings. The van der Waals surface area contributed by atoms with Gasteiger partial charge in [0.1, 0.15) is 0 Å². The second-order valence-electron chi connectivity index (χ2n) is 4.16. The summed E-state index contributed by atoms with van der Waals surface area (Å²) >= 11 is 6.53. The molecule has 0 amide bonds. The molecule has 0 saturated carbocycles. The molecule has 0 radical (unpaired) electrons. The third-order valence-electron chi connectivity index (χ3n) is 3.11. The molecule has 1 unspecified atom stereocenters. The van der Waals surface area contributed by atoms with E-state index < -0.39 is 0 Å². The van der Waals surface area contributed by atoms with E-state index in [0.717, 1.165) is 18.4 Å². The lowest BCUT2D eigenvalue weighted by Crippen LogP contribution is -1.99. The van der Waals surface area contributed by atoms with Gasteiger partial charge in [0.05, 0.1) is 17.9 Å². The Morgan fingerprint density at radius 2 is 2.00 bits per heavy atom. The van der Waals surface area contributed by atoms with Crippen LogP contribution in [0.1, 0.15) is 41.5 Å². The largest absolute Gasteiger partial charge is 0.472 e. The summed E-state index contributed by atoms with van der Waals surface area (Å²) in [6.07, 6.45) is 5.42. The zero-order valence-corrected chi connectivity index (χ0v) is 11.0. The van der Waals surface area contributed by atoms with Gasteiger partial charge in [0, 0.05) is 5.56 Å². The van der Waals surface area contributed by atoms with Crippen LogP contribution in [0.15, 0.2) is 41.2 Å². The molecule has 1 aromatic heterocycles. The number of hydrogen-bond acceptors (Lipinski definition) is 1. The van der Waals surface area contributed by atoms with Crippen molar-refractivity contribution in [2.24, 2.45) is 0 Å². The molecule has 1 heterocycles. The van der Waals surface area contributed by atoms with E-state index in [2.05, 4.69) is 32.0 Å². The monoisotopic (exact) mass is 248 g/mol. The van der Waals surface area contributed by atoms with Gasteiger partial charge in [-0.1, -0.05) is 32.0 Å². The Labute approximate surface area is 107 Å². The summed E-state index contributed by atoms with van der Waals surface area (Å²) in [5.41, 5.74) is 4.86. The van der Waals surface area contributed by atoms with Gasteiger partial charge in [0.15, 0.2) is 0 Å². The Morgan fingerprint density at radius 1 is 1.18 bits per heavy atom. The van der Waals surface area contributed by atoms with Crippen molar-refractivity contribution in [3.8, 4) is 0 Å². The number of benzene rings is 1. The lowest BCUT2D eigenvalue weighted by Gasteiger charge is -2.14. The molecule has 17 heavy (non-hydrogen) atoms. The molecule has 2 aromatic rings. The van der Waals surface area contributed by atoms with E-state index in [9.17, 15) is 0 Å². The zero-order valence-electron chi connectivity index (χ0n) is 10.2. The molecule has 0 spiro atoms. The zero-order chi connectivity index (χ0) is 12.3. The van der Waals surface area contributed by atoms with Crippen LogP contribution in [0.2, 0.25) is 0 Å². The van der Waals surface area contributed by atoms with E-state index in [4.69, 9.17) is 16.0 Å². The maximum atomic E-state index is 6.53. The van der Waals surface area contributed by atoms with Crippen LogP contribution in [-0.2, 0) is 12.8 Å². The summed E-state index contributed by atoms with van der Waals surface area (Å²) in [5, 5.41) is -0.116. The van der Waals surface area contributed by atoms with Crippen molar-refractivity contribution >= 4 is 11.6 Å². The Balaban J connectivity index is 2.41. The van der Waals surface area contributed by atoms with Crippen LogP contribution in [0.25, 0.3) is 0 Å². The van der Waals surface area contributed by atoms with Crippen molar-refractivity contribution in [2.75, 3.05) is 0 Å². The Hall–Kier alpha value is -1.21. The van der Waals surface area contributed by atoms with Crippen LogP contribution >= 0.6 is 11.6 Å². The first-order valence-corrected chi connectivity index (χ1v) is 6.47. The summed E-state index contributed by atoms with van der Waals surface area (Å²) < 4.78 is 5.10. The highest BCUT2D eigenvalue weighted by atomic mass is 35.5. The third-order valence-corrected chi connectivity index (χ3v) is 3.60. The first-order chi connectivity index (χ1) is 8.26. The summed E-state index contributed by atoms with van der Waals surface area (Å²) in [6.45, 7) is 4.31. The van der Waals surface area contributed by atoms with E-state index >= 15 is 0 Å². The maximum Gasteiger partial charge on any atom is 0.0952 e. The molecule has 0 bridgehead atoms. The fraction of sp³-hybridized carbons (Fsp3) is 0.333. The molecule has 0 aliphatic heterocycles. The minimum Gasteiger partial charge on any atom is -0.472 e. The van der Waals surface area contributed by atoms with Gasteiger partial charge in [-0.25, -0.2) is 0 Å². The standard InChI is InChI=1S/C15H17ClO/c1-3-11-5-6-12(4-2)14(9-11)15(16)13-7-8-17-10-13/h5-10,15H,3-4H2,1-2H3.